The molecule has 0 fully saturated rings. The Morgan fingerprint density at radius 3 is 2.75 bits per heavy atom. The van der Waals surface area contributed by atoms with Crippen molar-refractivity contribution >= 4 is 12.6 Å². The van der Waals surface area contributed by atoms with Gasteiger partial charge in [-0.1, -0.05) is 12.1 Å². The van der Waals surface area contributed by atoms with Gasteiger partial charge in [-0.2, -0.15) is 5.21 Å². The monoisotopic (exact) mass is 178 g/mol. The van der Waals surface area contributed by atoms with Crippen LogP contribution in [0.3, 0.4) is 0 Å². The molecule has 60 valence electrons. The zero-order chi connectivity index (χ0) is 8.39. The van der Waals surface area contributed by atoms with Gasteiger partial charge in [0.25, 0.3) is 0 Å². The highest BCUT2D eigenvalue weighted by molar-refractivity contribution is 7.80. The van der Waals surface area contributed by atoms with E-state index in [2.05, 4.69) is 33.3 Å². The Hall–Kier alpha value is -1.36. The first-order valence-corrected chi connectivity index (χ1v) is 3.84. The number of benzene rings is 1. The van der Waals surface area contributed by atoms with Gasteiger partial charge in [-0.15, -0.1) is 22.8 Å². The summed E-state index contributed by atoms with van der Waals surface area (Å²) in [6, 6.07) is 7.60. The first kappa shape index (κ1) is 7.30. The van der Waals surface area contributed by atoms with Crippen LogP contribution in [0.1, 0.15) is 0 Å². The van der Waals surface area contributed by atoms with Crippen molar-refractivity contribution in [3.8, 4) is 11.4 Å². The van der Waals surface area contributed by atoms with Crippen molar-refractivity contribution < 1.29 is 0 Å². The number of aromatic amines is 1. The fourth-order valence-corrected chi connectivity index (χ4v) is 1.20. The molecule has 0 amide bonds. The molecule has 2 rings (SSSR count). The Bertz CT molecular complexity index is 371. The predicted molar refractivity (Wildman–Crippen MR) is 46.9 cm³/mol. The molecule has 0 atom stereocenters. The lowest BCUT2D eigenvalue weighted by Gasteiger charge is -1.96. The molecule has 1 aromatic heterocycles. The molecule has 2 aromatic rings. The fourth-order valence-electron chi connectivity index (χ4n) is 0.939. The molecule has 4 nitrogen and oxygen atoms in total. The number of thiol groups is 1. The normalized spacial score (nSPS) is 10.1. The van der Waals surface area contributed by atoms with E-state index in [0.29, 0.717) is 5.82 Å². The maximum atomic E-state index is 4.26. The summed E-state index contributed by atoms with van der Waals surface area (Å²) in [5.41, 5.74) is 0.884. The van der Waals surface area contributed by atoms with Crippen LogP contribution in [0.25, 0.3) is 11.4 Å². The molecule has 0 unspecified atom stereocenters. The van der Waals surface area contributed by atoms with Crippen LogP contribution in [-0.4, -0.2) is 20.6 Å². The largest absolute Gasteiger partial charge is 0.205 e. The molecule has 0 spiro atoms. The van der Waals surface area contributed by atoms with Crippen LogP contribution in [0.4, 0.5) is 0 Å². The number of nitrogens with zero attached hydrogens (tertiary/aromatic N) is 3. The van der Waals surface area contributed by atoms with E-state index < -0.39 is 0 Å². The lowest BCUT2D eigenvalue weighted by Crippen LogP contribution is -1.82. The van der Waals surface area contributed by atoms with Crippen molar-refractivity contribution in [2.75, 3.05) is 0 Å². The molecular formula is C7H6N4S. The number of hydrogen-bond acceptors (Lipinski definition) is 4. The minimum Gasteiger partial charge on any atom is -0.177 e. The molecule has 5 heteroatoms. The van der Waals surface area contributed by atoms with E-state index in [4.69, 9.17) is 0 Å². The first-order chi connectivity index (χ1) is 5.88. The molecule has 0 bridgehead atoms. The maximum Gasteiger partial charge on any atom is 0.205 e. The van der Waals surface area contributed by atoms with Crippen LogP contribution in [0.5, 0.6) is 0 Å². The van der Waals surface area contributed by atoms with E-state index in [0.717, 1.165) is 10.5 Å². The SMILES string of the molecule is Sc1ccccc1-c1nn[nH]n1. The smallest absolute Gasteiger partial charge is 0.177 e. The summed E-state index contributed by atoms with van der Waals surface area (Å²) in [7, 11) is 0. The molecular weight excluding hydrogens is 172 g/mol. The third-order valence-corrected chi connectivity index (χ3v) is 1.88. The van der Waals surface area contributed by atoms with Crippen molar-refractivity contribution in [2.45, 2.75) is 4.90 Å². The van der Waals surface area contributed by atoms with Crippen LogP contribution in [-0.2, 0) is 0 Å². The highest BCUT2D eigenvalue weighted by atomic mass is 32.1. The summed E-state index contributed by atoms with van der Waals surface area (Å²) >= 11 is 4.26. The molecule has 0 aliphatic carbocycles. The molecule has 0 aliphatic heterocycles. The van der Waals surface area contributed by atoms with Gasteiger partial charge >= 0.3 is 0 Å². The number of nitrogens with one attached hydrogen (secondary N) is 1. The van der Waals surface area contributed by atoms with Crippen LogP contribution in [0.2, 0.25) is 0 Å². The van der Waals surface area contributed by atoms with Crippen molar-refractivity contribution in [3.05, 3.63) is 24.3 Å². The highest BCUT2D eigenvalue weighted by Crippen LogP contribution is 2.21. The lowest BCUT2D eigenvalue weighted by molar-refractivity contribution is 0.881. The van der Waals surface area contributed by atoms with Gasteiger partial charge < -0.3 is 0 Å². The predicted octanol–water partition coefficient (Wildman–Crippen LogP) is 1.16. The second-order valence-electron chi connectivity index (χ2n) is 2.25. The second kappa shape index (κ2) is 2.94. The van der Waals surface area contributed by atoms with Gasteiger partial charge in [0.1, 0.15) is 0 Å². The van der Waals surface area contributed by atoms with E-state index in [1.54, 1.807) is 0 Å². The Kier molecular flexibility index (Phi) is 1.79. The zero-order valence-corrected chi connectivity index (χ0v) is 6.99. The fraction of sp³-hybridized carbons (Fsp3) is 0. The van der Waals surface area contributed by atoms with Gasteiger partial charge in [0, 0.05) is 10.5 Å². The number of tetrazole rings is 1. The van der Waals surface area contributed by atoms with Gasteiger partial charge in [-0.25, -0.2) is 0 Å². The Morgan fingerprint density at radius 2 is 2.08 bits per heavy atom. The Labute approximate surface area is 74.4 Å². The van der Waals surface area contributed by atoms with Crippen LogP contribution in [0, 0.1) is 0 Å². The molecule has 1 aromatic carbocycles. The van der Waals surface area contributed by atoms with E-state index in [-0.39, 0.29) is 0 Å². The molecule has 1 N–H and O–H groups in total. The van der Waals surface area contributed by atoms with Gasteiger partial charge in [0.05, 0.1) is 0 Å². The maximum absolute atomic E-state index is 4.26. The van der Waals surface area contributed by atoms with Crippen molar-refractivity contribution in [1.82, 2.24) is 20.6 Å². The third kappa shape index (κ3) is 1.18. The zero-order valence-electron chi connectivity index (χ0n) is 6.10. The second-order valence-corrected chi connectivity index (χ2v) is 2.73. The van der Waals surface area contributed by atoms with Gasteiger partial charge in [-0.05, 0) is 17.3 Å². The average molecular weight is 178 g/mol. The number of rotatable bonds is 1. The highest BCUT2D eigenvalue weighted by Gasteiger charge is 2.04. The molecule has 12 heavy (non-hydrogen) atoms. The van der Waals surface area contributed by atoms with Crippen molar-refractivity contribution in [2.24, 2.45) is 0 Å². The number of aromatic nitrogens is 4. The minimum atomic E-state index is 0.570. The van der Waals surface area contributed by atoms with Crippen molar-refractivity contribution in [1.29, 1.82) is 0 Å². The molecule has 0 aliphatic rings. The van der Waals surface area contributed by atoms with E-state index in [9.17, 15) is 0 Å². The average Bonchev–Trinajstić information content (AvgIpc) is 2.57. The van der Waals surface area contributed by atoms with Gasteiger partial charge in [0.15, 0.2) is 0 Å². The van der Waals surface area contributed by atoms with Crippen molar-refractivity contribution in [3.63, 3.8) is 0 Å². The summed E-state index contributed by atoms with van der Waals surface area (Å²) in [5, 5.41) is 13.6. The van der Waals surface area contributed by atoms with E-state index in [1.165, 1.54) is 0 Å². The van der Waals surface area contributed by atoms with Gasteiger partial charge in [-0.3, -0.25) is 0 Å². The summed E-state index contributed by atoms with van der Waals surface area (Å²) < 4.78 is 0. The summed E-state index contributed by atoms with van der Waals surface area (Å²) in [4.78, 5) is 0.846. The van der Waals surface area contributed by atoms with E-state index in [1.807, 2.05) is 24.3 Å². The first-order valence-electron chi connectivity index (χ1n) is 3.40. The minimum absolute atomic E-state index is 0.570. The Balaban J connectivity index is 2.55. The number of hydrogen-bond donors (Lipinski definition) is 2. The van der Waals surface area contributed by atoms with Crippen LogP contribution < -0.4 is 0 Å². The van der Waals surface area contributed by atoms with Crippen LogP contribution in [0.15, 0.2) is 29.2 Å². The number of H-pyrrole nitrogens is 1. The molecule has 0 saturated carbocycles. The summed E-state index contributed by atoms with van der Waals surface area (Å²) in [6.07, 6.45) is 0. The van der Waals surface area contributed by atoms with Crippen LogP contribution >= 0.6 is 12.6 Å². The van der Waals surface area contributed by atoms with E-state index >= 15 is 0 Å². The summed E-state index contributed by atoms with van der Waals surface area (Å²) in [6.45, 7) is 0. The quantitative estimate of drug-likeness (QED) is 0.644. The molecule has 0 saturated heterocycles. The lowest BCUT2D eigenvalue weighted by atomic mass is 10.2. The molecule has 1 heterocycles. The van der Waals surface area contributed by atoms with Gasteiger partial charge in [0.2, 0.25) is 5.82 Å². The third-order valence-electron chi connectivity index (χ3n) is 1.49. The standard InChI is InChI=1S/C7H6N4S/c12-6-4-2-1-3-5(6)7-8-10-11-9-7/h1-4,12H,(H,8,9,10,11). The molecule has 0 radical (unpaired) electrons. The Morgan fingerprint density at radius 1 is 1.25 bits per heavy atom. The topological polar surface area (TPSA) is 54.5 Å². The summed E-state index contributed by atoms with van der Waals surface area (Å²) in [5.74, 6) is 0.570.